The molecule has 0 spiro atoms. The van der Waals surface area contributed by atoms with Crippen molar-refractivity contribution in [3.05, 3.63) is 74.7 Å². The molecule has 0 fully saturated rings. The maximum absolute atomic E-state index is 12.1. The molecule has 3 rings (SSSR count). The number of benzene rings is 2. The van der Waals surface area contributed by atoms with Gasteiger partial charge in [-0.15, -0.1) is 11.3 Å². The molecule has 3 aromatic rings. The molecule has 0 radical (unpaired) electrons. The number of para-hydroxylation sites is 1. The summed E-state index contributed by atoms with van der Waals surface area (Å²) in [6.45, 7) is 2.17. The Morgan fingerprint density at radius 2 is 2.00 bits per heavy atom. The van der Waals surface area contributed by atoms with Gasteiger partial charge in [-0.2, -0.15) is 0 Å². The van der Waals surface area contributed by atoms with Gasteiger partial charge in [0.1, 0.15) is 0 Å². The lowest BCUT2D eigenvalue weighted by Gasteiger charge is -2.08. The van der Waals surface area contributed by atoms with Crippen molar-refractivity contribution in [1.82, 2.24) is 4.98 Å². The SMILES string of the molecule is Cc1ccccc1NCC(=O)Nc1ncc(Cc2cc(Cl)ccc2Cl)s1. The molecule has 0 atom stereocenters. The van der Waals surface area contributed by atoms with Crippen LogP contribution in [0.2, 0.25) is 10.0 Å². The van der Waals surface area contributed by atoms with Crippen LogP contribution in [0.25, 0.3) is 0 Å². The number of aromatic nitrogens is 1. The van der Waals surface area contributed by atoms with Crippen molar-refractivity contribution in [1.29, 1.82) is 0 Å². The Morgan fingerprint density at radius 3 is 2.81 bits per heavy atom. The number of anilines is 2. The van der Waals surface area contributed by atoms with Gasteiger partial charge in [0, 0.05) is 33.2 Å². The Labute approximate surface area is 166 Å². The molecule has 0 unspecified atom stereocenters. The Kier molecular flexibility index (Phi) is 6.14. The monoisotopic (exact) mass is 405 g/mol. The third-order valence-corrected chi connectivity index (χ3v) is 5.27. The summed E-state index contributed by atoms with van der Waals surface area (Å²) >= 11 is 13.6. The van der Waals surface area contributed by atoms with E-state index in [0.29, 0.717) is 21.6 Å². The van der Waals surface area contributed by atoms with Crippen molar-refractivity contribution in [2.45, 2.75) is 13.3 Å². The first-order chi connectivity index (χ1) is 12.5. The molecule has 7 heteroatoms. The molecule has 0 aliphatic rings. The zero-order valence-corrected chi connectivity index (χ0v) is 16.4. The maximum Gasteiger partial charge on any atom is 0.245 e. The minimum Gasteiger partial charge on any atom is -0.376 e. The molecular weight excluding hydrogens is 389 g/mol. The average Bonchev–Trinajstić information content (AvgIpc) is 3.04. The standard InChI is InChI=1S/C19H17Cl2N3OS/c1-12-4-2-3-5-17(12)22-11-18(25)24-19-23-10-15(26-19)9-13-8-14(20)6-7-16(13)21/h2-8,10,22H,9,11H2,1H3,(H,23,24,25). The number of hydrogen-bond acceptors (Lipinski definition) is 4. The number of nitrogens with zero attached hydrogens (tertiary/aromatic N) is 1. The minimum absolute atomic E-state index is 0.144. The van der Waals surface area contributed by atoms with E-state index in [1.165, 1.54) is 11.3 Å². The van der Waals surface area contributed by atoms with E-state index in [1.807, 2.05) is 37.3 Å². The predicted molar refractivity (Wildman–Crippen MR) is 110 cm³/mol. The summed E-state index contributed by atoms with van der Waals surface area (Å²) in [4.78, 5) is 17.4. The summed E-state index contributed by atoms with van der Waals surface area (Å²) in [5.41, 5.74) is 2.97. The largest absolute Gasteiger partial charge is 0.376 e. The number of halogens is 2. The van der Waals surface area contributed by atoms with E-state index in [9.17, 15) is 4.79 Å². The van der Waals surface area contributed by atoms with Crippen molar-refractivity contribution in [2.75, 3.05) is 17.2 Å². The van der Waals surface area contributed by atoms with E-state index in [0.717, 1.165) is 21.7 Å². The molecule has 0 saturated heterocycles. The number of amides is 1. The predicted octanol–water partition coefficient (Wildman–Crippen LogP) is 5.40. The normalized spacial score (nSPS) is 10.6. The van der Waals surface area contributed by atoms with Crippen LogP contribution in [0.1, 0.15) is 16.0 Å². The molecule has 2 N–H and O–H groups in total. The van der Waals surface area contributed by atoms with E-state index in [2.05, 4.69) is 15.6 Å². The van der Waals surface area contributed by atoms with Gasteiger partial charge in [-0.3, -0.25) is 4.79 Å². The molecule has 2 aromatic carbocycles. The summed E-state index contributed by atoms with van der Waals surface area (Å²) in [5.74, 6) is -0.144. The van der Waals surface area contributed by atoms with Gasteiger partial charge in [0.15, 0.2) is 5.13 Å². The highest BCUT2D eigenvalue weighted by molar-refractivity contribution is 7.15. The number of thiazole rings is 1. The number of rotatable bonds is 6. The summed E-state index contributed by atoms with van der Waals surface area (Å²) < 4.78 is 0. The van der Waals surface area contributed by atoms with Crippen LogP contribution in [0.15, 0.2) is 48.7 Å². The summed E-state index contributed by atoms with van der Waals surface area (Å²) in [5, 5.41) is 7.81. The van der Waals surface area contributed by atoms with Crippen molar-refractivity contribution in [2.24, 2.45) is 0 Å². The van der Waals surface area contributed by atoms with Crippen molar-refractivity contribution < 1.29 is 4.79 Å². The lowest BCUT2D eigenvalue weighted by atomic mass is 10.1. The highest BCUT2D eigenvalue weighted by Crippen LogP contribution is 2.27. The van der Waals surface area contributed by atoms with E-state index < -0.39 is 0 Å². The van der Waals surface area contributed by atoms with Gasteiger partial charge in [-0.25, -0.2) is 4.98 Å². The van der Waals surface area contributed by atoms with Crippen molar-refractivity contribution in [3.63, 3.8) is 0 Å². The molecule has 134 valence electrons. The van der Waals surface area contributed by atoms with E-state index >= 15 is 0 Å². The van der Waals surface area contributed by atoms with Gasteiger partial charge in [-0.1, -0.05) is 41.4 Å². The molecule has 1 aromatic heterocycles. The molecule has 1 amide bonds. The van der Waals surface area contributed by atoms with Crippen LogP contribution < -0.4 is 10.6 Å². The fourth-order valence-electron chi connectivity index (χ4n) is 2.42. The van der Waals surface area contributed by atoms with Crippen molar-refractivity contribution >= 4 is 51.3 Å². The fraction of sp³-hybridized carbons (Fsp3) is 0.158. The van der Waals surface area contributed by atoms with Gasteiger partial charge in [-0.05, 0) is 42.3 Å². The van der Waals surface area contributed by atoms with Crippen LogP contribution in [0.5, 0.6) is 0 Å². The fourth-order valence-corrected chi connectivity index (χ4v) is 3.65. The number of nitrogens with one attached hydrogen (secondary N) is 2. The van der Waals surface area contributed by atoms with Gasteiger partial charge in [0.25, 0.3) is 0 Å². The number of hydrogen-bond donors (Lipinski definition) is 2. The second-order valence-corrected chi connectivity index (χ2v) is 7.72. The van der Waals surface area contributed by atoms with E-state index in [1.54, 1.807) is 18.3 Å². The van der Waals surface area contributed by atoms with Crippen LogP contribution in [0.3, 0.4) is 0 Å². The Balaban J connectivity index is 1.57. The van der Waals surface area contributed by atoms with Gasteiger partial charge in [0.2, 0.25) is 5.91 Å². The molecule has 1 heterocycles. The molecule has 4 nitrogen and oxygen atoms in total. The van der Waals surface area contributed by atoms with Crippen LogP contribution in [0.4, 0.5) is 10.8 Å². The third-order valence-electron chi connectivity index (χ3n) is 3.76. The highest BCUT2D eigenvalue weighted by Gasteiger charge is 2.09. The summed E-state index contributed by atoms with van der Waals surface area (Å²) in [6, 6.07) is 13.2. The van der Waals surface area contributed by atoms with Crippen molar-refractivity contribution in [3.8, 4) is 0 Å². The van der Waals surface area contributed by atoms with E-state index in [4.69, 9.17) is 23.2 Å². The number of carbonyl (C=O) groups excluding carboxylic acids is 1. The van der Waals surface area contributed by atoms with Crippen LogP contribution >= 0.6 is 34.5 Å². The third kappa shape index (κ3) is 4.97. The number of carbonyl (C=O) groups is 1. The summed E-state index contributed by atoms with van der Waals surface area (Å²) in [6.07, 6.45) is 2.36. The van der Waals surface area contributed by atoms with Crippen LogP contribution in [0, 0.1) is 6.92 Å². The second kappa shape index (κ2) is 8.54. The zero-order valence-electron chi connectivity index (χ0n) is 14.1. The lowest BCUT2D eigenvalue weighted by Crippen LogP contribution is -2.21. The average molecular weight is 406 g/mol. The number of aryl methyl sites for hydroxylation is 1. The van der Waals surface area contributed by atoms with Crippen LogP contribution in [-0.4, -0.2) is 17.4 Å². The molecule has 0 aliphatic carbocycles. The first-order valence-corrected chi connectivity index (χ1v) is 9.56. The van der Waals surface area contributed by atoms with Crippen LogP contribution in [-0.2, 0) is 11.2 Å². The summed E-state index contributed by atoms with van der Waals surface area (Å²) in [7, 11) is 0. The maximum atomic E-state index is 12.1. The van der Waals surface area contributed by atoms with E-state index in [-0.39, 0.29) is 12.5 Å². The van der Waals surface area contributed by atoms with Gasteiger partial charge < -0.3 is 10.6 Å². The Bertz CT molecular complexity index is 927. The Hall–Kier alpha value is -2.08. The minimum atomic E-state index is -0.144. The quantitative estimate of drug-likeness (QED) is 0.576. The first kappa shape index (κ1) is 18.7. The van der Waals surface area contributed by atoms with Gasteiger partial charge in [0.05, 0.1) is 6.54 Å². The first-order valence-electron chi connectivity index (χ1n) is 7.99. The zero-order chi connectivity index (χ0) is 18.5. The lowest BCUT2D eigenvalue weighted by molar-refractivity contribution is -0.114. The molecule has 0 bridgehead atoms. The second-order valence-electron chi connectivity index (χ2n) is 5.76. The molecular formula is C19H17Cl2N3OS. The molecule has 0 saturated carbocycles. The topological polar surface area (TPSA) is 54.0 Å². The molecule has 0 aliphatic heterocycles. The smallest absolute Gasteiger partial charge is 0.245 e. The Morgan fingerprint density at radius 1 is 1.19 bits per heavy atom. The highest BCUT2D eigenvalue weighted by atomic mass is 35.5. The van der Waals surface area contributed by atoms with Gasteiger partial charge >= 0.3 is 0 Å². The molecule has 26 heavy (non-hydrogen) atoms.